The second-order valence-corrected chi connectivity index (χ2v) is 18.4. The fourth-order valence-electron chi connectivity index (χ4n) is 11.3. The standard InChI is InChI=1S/C47H72N2O2.2HI/c1-48(27-11-7-12-28-48)25-9-3-5-15-31-50-44-21-17-40(18-22-44)46(47-42-34-38-33-39(36-42)37-43(47)35-38)41-19-23-45(24-20-41)51-32-16-6-4-10-26-49(2)29-13-8-14-30-49;;/h17-24,38-39,42-43H,3-16,25-37H2,1-2H3;2*1H/q+2;;/p-2. The van der Waals surface area contributed by atoms with E-state index in [2.05, 4.69) is 62.6 Å². The highest BCUT2D eigenvalue weighted by atomic mass is 127. The number of likely N-dealkylation sites (tertiary alicyclic amines) is 2. The predicted octanol–water partition coefficient (Wildman–Crippen LogP) is 5.09. The smallest absolute Gasteiger partial charge is 0.119 e. The Kier molecular flexibility index (Phi) is 17.2. The summed E-state index contributed by atoms with van der Waals surface area (Å²) in [5, 5.41) is 0. The normalized spacial score (nSPS) is 25.3. The van der Waals surface area contributed by atoms with E-state index in [0.29, 0.717) is 0 Å². The molecule has 6 fully saturated rings. The molecule has 2 aromatic carbocycles. The van der Waals surface area contributed by atoms with Crippen molar-refractivity contribution in [1.29, 1.82) is 0 Å². The Hall–Kier alpha value is -0.840. The quantitative estimate of drug-likeness (QED) is 0.118. The minimum atomic E-state index is 0. The van der Waals surface area contributed by atoms with E-state index in [4.69, 9.17) is 9.47 Å². The molecule has 0 N–H and O–H groups in total. The van der Waals surface area contributed by atoms with E-state index in [0.717, 1.165) is 61.2 Å². The van der Waals surface area contributed by atoms with E-state index in [1.807, 2.05) is 0 Å². The molecule has 4 aliphatic carbocycles. The minimum absolute atomic E-state index is 0. The molecule has 4 nitrogen and oxygen atoms in total. The zero-order valence-electron chi connectivity index (χ0n) is 33.5. The van der Waals surface area contributed by atoms with Crippen LogP contribution in [0.3, 0.4) is 0 Å². The molecule has 53 heavy (non-hydrogen) atoms. The van der Waals surface area contributed by atoms with Gasteiger partial charge in [0.05, 0.1) is 66.6 Å². The van der Waals surface area contributed by atoms with Crippen molar-refractivity contribution >= 4 is 5.57 Å². The number of ether oxygens (including phenoxy) is 2. The first-order valence-corrected chi connectivity index (χ1v) is 21.8. The van der Waals surface area contributed by atoms with Gasteiger partial charge in [0.2, 0.25) is 0 Å². The van der Waals surface area contributed by atoms with Gasteiger partial charge in [-0.2, -0.15) is 0 Å². The van der Waals surface area contributed by atoms with E-state index in [9.17, 15) is 0 Å². The number of rotatable bonds is 18. The summed E-state index contributed by atoms with van der Waals surface area (Å²) in [6.45, 7) is 9.92. The van der Waals surface area contributed by atoms with Crippen LogP contribution in [-0.2, 0) is 0 Å². The van der Waals surface area contributed by atoms with Crippen molar-refractivity contribution in [2.24, 2.45) is 23.7 Å². The van der Waals surface area contributed by atoms with Crippen molar-refractivity contribution in [2.75, 3.05) is 66.6 Å². The Morgan fingerprint density at radius 1 is 0.491 bits per heavy atom. The lowest BCUT2D eigenvalue weighted by molar-refractivity contribution is -0.914. The Bertz CT molecular complexity index is 1280. The highest BCUT2D eigenvalue weighted by molar-refractivity contribution is 5.83. The van der Waals surface area contributed by atoms with Crippen LogP contribution in [0.4, 0.5) is 0 Å². The third-order valence-corrected chi connectivity index (χ3v) is 14.1. The summed E-state index contributed by atoms with van der Waals surface area (Å²) in [5.41, 5.74) is 6.02. The average molecular weight is 951 g/mol. The van der Waals surface area contributed by atoms with Crippen molar-refractivity contribution in [2.45, 2.75) is 122 Å². The first-order chi connectivity index (χ1) is 25.0. The molecule has 0 spiro atoms. The van der Waals surface area contributed by atoms with Gasteiger partial charge in [0.15, 0.2) is 0 Å². The first kappa shape index (κ1) is 43.3. The third-order valence-electron chi connectivity index (χ3n) is 14.1. The summed E-state index contributed by atoms with van der Waals surface area (Å²) in [4.78, 5) is 0. The number of piperidine rings is 2. The Balaban J connectivity index is 0.00000271. The van der Waals surface area contributed by atoms with Crippen LogP contribution < -0.4 is 57.4 Å². The number of nitrogens with zero attached hydrogens (tertiary/aromatic N) is 2. The summed E-state index contributed by atoms with van der Waals surface area (Å²) in [6.07, 6.45) is 25.9. The topological polar surface area (TPSA) is 18.5 Å². The fourth-order valence-corrected chi connectivity index (χ4v) is 11.3. The number of unbranched alkanes of at least 4 members (excludes halogenated alkanes) is 6. The van der Waals surface area contributed by atoms with E-state index in [1.54, 1.807) is 5.57 Å². The molecule has 0 aromatic heterocycles. The molecule has 0 amide bonds. The Morgan fingerprint density at radius 2 is 0.868 bits per heavy atom. The number of halogens is 2. The van der Waals surface area contributed by atoms with Gasteiger partial charge in [-0.25, -0.2) is 0 Å². The lowest BCUT2D eigenvalue weighted by Gasteiger charge is -2.52. The number of allylic oxidation sites excluding steroid dienone is 1. The molecule has 6 aliphatic rings. The maximum atomic E-state index is 6.28. The highest BCUT2D eigenvalue weighted by Crippen LogP contribution is 2.58. The summed E-state index contributed by atoms with van der Waals surface area (Å²) in [5.74, 6) is 5.50. The van der Waals surface area contributed by atoms with Gasteiger partial charge >= 0.3 is 0 Å². The minimum Gasteiger partial charge on any atom is -1.00 e. The van der Waals surface area contributed by atoms with Crippen LogP contribution in [0.2, 0.25) is 0 Å². The van der Waals surface area contributed by atoms with Gasteiger partial charge in [-0.3, -0.25) is 0 Å². The number of hydrogen-bond acceptors (Lipinski definition) is 2. The van der Waals surface area contributed by atoms with Crippen molar-refractivity contribution in [3.8, 4) is 11.5 Å². The molecular weight excluding hydrogens is 878 g/mol. The molecule has 2 heterocycles. The molecule has 4 saturated carbocycles. The zero-order chi connectivity index (χ0) is 34.9. The molecule has 4 bridgehead atoms. The first-order valence-electron chi connectivity index (χ1n) is 21.8. The molecule has 6 heteroatoms. The molecule has 0 atom stereocenters. The van der Waals surface area contributed by atoms with Crippen molar-refractivity contribution < 1.29 is 66.4 Å². The largest absolute Gasteiger partial charge is 1.00 e. The molecule has 2 saturated heterocycles. The van der Waals surface area contributed by atoms with Crippen LogP contribution in [0.25, 0.3) is 5.57 Å². The maximum Gasteiger partial charge on any atom is 0.119 e. The summed E-state index contributed by atoms with van der Waals surface area (Å²) >= 11 is 0. The van der Waals surface area contributed by atoms with Crippen LogP contribution in [0, 0.1) is 23.7 Å². The maximum absolute atomic E-state index is 6.28. The number of quaternary nitrogens is 2. The average Bonchev–Trinajstić information content (AvgIpc) is 3.13. The van der Waals surface area contributed by atoms with E-state index in [-0.39, 0.29) is 48.0 Å². The lowest BCUT2D eigenvalue weighted by Crippen LogP contribution is -3.00. The van der Waals surface area contributed by atoms with Gasteiger partial charge in [-0.1, -0.05) is 29.8 Å². The van der Waals surface area contributed by atoms with Gasteiger partial charge in [-0.15, -0.1) is 0 Å². The van der Waals surface area contributed by atoms with Gasteiger partial charge in [-0.05, 0) is 187 Å². The summed E-state index contributed by atoms with van der Waals surface area (Å²) in [6, 6.07) is 18.3. The van der Waals surface area contributed by atoms with Gasteiger partial charge in [0, 0.05) is 0 Å². The van der Waals surface area contributed by atoms with Crippen LogP contribution in [0.1, 0.15) is 133 Å². The van der Waals surface area contributed by atoms with Crippen molar-refractivity contribution in [3.63, 3.8) is 0 Å². The molecule has 0 radical (unpaired) electrons. The molecule has 296 valence electrons. The number of hydrogen-bond donors (Lipinski definition) is 0. The summed E-state index contributed by atoms with van der Waals surface area (Å²) < 4.78 is 15.2. The monoisotopic (exact) mass is 950 g/mol. The molecular formula is C47H72I2N2O2. The molecule has 2 aromatic rings. The summed E-state index contributed by atoms with van der Waals surface area (Å²) in [7, 11) is 4.95. The Labute approximate surface area is 358 Å². The molecule has 8 rings (SSSR count). The molecule has 0 unspecified atom stereocenters. The highest BCUT2D eigenvalue weighted by Gasteiger charge is 2.46. The SMILES string of the molecule is C[N+]1(CCCCCCOc2ccc(C(=C3C4CC5CC(C4)CC3C5)c3ccc(OCCCCCC[N+]4(C)CCCCC4)cc3)cc2)CCCCC1.[I-].[I-]. The lowest BCUT2D eigenvalue weighted by atomic mass is 9.53. The van der Waals surface area contributed by atoms with Gasteiger partial charge in [0.1, 0.15) is 11.5 Å². The number of benzene rings is 2. The van der Waals surface area contributed by atoms with E-state index >= 15 is 0 Å². The van der Waals surface area contributed by atoms with Crippen LogP contribution in [0.15, 0.2) is 54.1 Å². The third kappa shape index (κ3) is 12.1. The van der Waals surface area contributed by atoms with Crippen molar-refractivity contribution in [3.05, 3.63) is 65.2 Å². The predicted molar refractivity (Wildman–Crippen MR) is 213 cm³/mol. The van der Waals surface area contributed by atoms with Gasteiger partial charge < -0.3 is 66.4 Å². The fraction of sp³-hybridized carbons (Fsp3) is 0.702. The van der Waals surface area contributed by atoms with E-state index < -0.39 is 0 Å². The second-order valence-electron chi connectivity index (χ2n) is 18.4. The second kappa shape index (κ2) is 21.1. The van der Waals surface area contributed by atoms with Crippen LogP contribution in [-0.4, -0.2) is 75.5 Å². The van der Waals surface area contributed by atoms with Crippen LogP contribution >= 0.6 is 0 Å². The zero-order valence-corrected chi connectivity index (χ0v) is 37.8. The Morgan fingerprint density at radius 3 is 1.26 bits per heavy atom. The van der Waals surface area contributed by atoms with Gasteiger partial charge in [0.25, 0.3) is 0 Å². The van der Waals surface area contributed by atoms with Crippen LogP contribution in [0.5, 0.6) is 11.5 Å². The van der Waals surface area contributed by atoms with Crippen molar-refractivity contribution in [1.82, 2.24) is 0 Å². The molecule has 2 aliphatic heterocycles. The van der Waals surface area contributed by atoms with E-state index in [1.165, 1.54) is 174 Å².